The summed E-state index contributed by atoms with van der Waals surface area (Å²) in [6, 6.07) is 13.8. The lowest BCUT2D eigenvalue weighted by Crippen LogP contribution is -2.12. The number of halogens is 1. The highest BCUT2D eigenvalue weighted by Gasteiger charge is 2.09. The van der Waals surface area contributed by atoms with E-state index in [0.29, 0.717) is 6.54 Å². The van der Waals surface area contributed by atoms with Gasteiger partial charge in [-0.3, -0.25) is 0 Å². The Labute approximate surface area is 100 Å². The largest absolute Gasteiger partial charge is 0.326 e. The van der Waals surface area contributed by atoms with Crippen LogP contribution in [0.1, 0.15) is 22.7 Å². The Morgan fingerprint density at radius 2 is 1.65 bits per heavy atom. The van der Waals surface area contributed by atoms with Gasteiger partial charge in [0.05, 0.1) is 6.04 Å². The van der Waals surface area contributed by atoms with Gasteiger partial charge in [-0.1, -0.05) is 36.4 Å². The fourth-order valence-electron chi connectivity index (χ4n) is 1.81. The minimum absolute atomic E-state index is 0.270. The van der Waals surface area contributed by atoms with E-state index in [-0.39, 0.29) is 11.9 Å². The molecule has 4 N–H and O–H groups in total. The fourth-order valence-corrected chi connectivity index (χ4v) is 1.81. The van der Waals surface area contributed by atoms with Crippen molar-refractivity contribution in [1.82, 2.24) is 0 Å². The predicted molar refractivity (Wildman–Crippen MR) is 66.8 cm³/mol. The average Bonchev–Trinajstić information content (AvgIpc) is 2.38. The number of benzene rings is 2. The van der Waals surface area contributed by atoms with E-state index in [1.807, 2.05) is 30.3 Å². The third-order valence-electron chi connectivity index (χ3n) is 2.75. The van der Waals surface area contributed by atoms with Crippen molar-refractivity contribution in [3.8, 4) is 0 Å². The summed E-state index contributed by atoms with van der Waals surface area (Å²) in [5, 5.41) is 0. The molecule has 0 aromatic heterocycles. The normalized spacial score (nSPS) is 12.4. The number of hydrogen-bond donors (Lipinski definition) is 2. The van der Waals surface area contributed by atoms with Gasteiger partial charge < -0.3 is 11.5 Å². The van der Waals surface area contributed by atoms with Crippen molar-refractivity contribution in [3.05, 3.63) is 71.0 Å². The van der Waals surface area contributed by atoms with Crippen molar-refractivity contribution in [2.75, 3.05) is 0 Å². The molecule has 0 saturated carbocycles. The molecule has 0 spiro atoms. The summed E-state index contributed by atoms with van der Waals surface area (Å²) in [6.07, 6.45) is 0. The molecule has 0 amide bonds. The van der Waals surface area contributed by atoms with E-state index in [2.05, 4.69) is 0 Å². The highest BCUT2D eigenvalue weighted by molar-refractivity contribution is 5.34. The molecule has 1 atom stereocenters. The molecule has 2 aromatic carbocycles. The van der Waals surface area contributed by atoms with Gasteiger partial charge in [-0.25, -0.2) is 4.39 Å². The van der Waals surface area contributed by atoms with Gasteiger partial charge in [-0.2, -0.15) is 0 Å². The highest BCUT2D eigenvalue weighted by Crippen LogP contribution is 2.20. The van der Waals surface area contributed by atoms with E-state index in [4.69, 9.17) is 11.5 Å². The van der Waals surface area contributed by atoms with Crippen LogP contribution in [0.2, 0.25) is 0 Å². The molecule has 0 aliphatic rings. The average molecular weight is 230 g/mol. The molecule has 0 fully saturated rings. The maximum Gasteiger partial charge on any atom is 0.123 e. The van der Waals surface area contributed by atoms with Gasteiger partial charge in [0.2, 0.25) is 0 Å². The van der Waals surface area contributed by atoms with Gasteiger partial charge in [0.25, 0.3) is 0 Å². The van der Waals surface area contributed by atoms with Gasteiger partial charge in [0.15, 0.2) is 0 Å². The molecule has 3 heteroatoms. The smallest absolute Gasteiger partial charge is 0.123 e. The van der Waals surface area contributed by atoms with Gasteiger partial charge in [0.1, 0.15) is 5.82 Å². The molecule has 1 unspecified atom stereocenters. The first-order chi connectivity index (χ1) is 8.20. The Bertz CT molecular complexity index is 511. The third kappa shape index (κ3) is 2.70. The molecule has 17 heavy (non-hydrogen) atoms. The monoisotopic (exact) mass is 230 g/mol. The Balaban J connectivity index is 2.33. The first-order valence-corrected chi connectivity index (χ1v) is 5.50. The van der Waals surface area contributed by atoms with E-state index in [0.717, 1.165) is 16.7 Å². The van der Waals surface area contributed by atoms with Gasteiger partial charge in [0, 0.05) is 6.54 Å². The summed E-state index contributed by atoms with van der Waals surface area (Å²) in [5.41, 5.74) is 14.4. The number of nitrogens with two attached hydrogens (primary N) is 2. The highest BCUT2D eigenvalue weighted by atomic mass is 19.1. The molecule has 2 rings (SSSR count). The standard InChI is InChI=1S/C14H15FN2/c15-13-6-2-5-12(8-13)14(17)11-4-1-3-10(7-11)9-16/h1-8,14H,9,16-17H2. The van der Waals surface area contributed by atoms with Crippen molar-refractivity contribution in [2.45, 2.75) is 12.6 Å². The number of hydrogen-bond acceptors (Lipinski definition) is 2. The third-order valence-corrected chi connectivity index (χ3v) is 2.75. The molecule has 2 aromatic rings. The molecule has 0 heterocycles. The molecule has 0 bridgehead atoms. The quantitative estimate of drug-likeness (QED) is 0.850. The first-order valence-electron chi connectivity index (χ1n) is 5.50. The van der Waals surface area contributed by atoms with Gasteiger partial charge in [-0.05, 0) is 28.8 Å². The zero-order valence-electron chi connectivity index (χ0n) is 9.44. The second kappa shape index (κ2) is 5.08. The summed E-state index contributed by atoms with van der Waals surface area (Å²) in [6.45, 7) is 0.476. The molecule has 2 nitrogen and oxygen atoms in total. The number of rotatable bonds is 3. The summed E-state index contributed by atoms with van der Waals surface area (Å²) in [4.78, 5) is 0. The first kappa shape index (κ1) is 11.8. The lowest BCUT2D eigenvalue weighted by atomic mass is 9.98. The summed E-state index contributed by atoms with van der Waals surface area (Å²) >= 11 is 0. The van der Waals surface area contributed by atoms with Crippen LogP contribution in [0.4, 0.5) is 4.39 Å². The van der Waals surface area contributed by atoms with Crippen LogP contribution in [0.5, 0.6) is 0 Å². The van der Waals surface area contributed by atoms with E-state index >= 15 is 0 Å². The minimum Gasteiger partial charge on any atom is -0.326 e. The van der Waals surface area contributed by atoms with E-state index in [1.54, 1.807) is 6.07 Å². The van der Waals surface area contributed by atoms with Crippen LogP contribution in [0.3, 0.4) is 0 Å². The van der Waals surface area contributed by atoms with Crippen LogP contribution < -0.4 is 11.5 Å². The van der Waals surface area contributed by atoms with Crippen LogP contribution in [0, 0.1) is 5.82 Å². The van der Waals surface area contributed by atoms with Gasteiger partial charge in [-0.15, -0.1) is 0 Å². The maximum atomic E-state index is 13.1. The SMILES string of the molecule is NCc1cccc(C(N)c2cccc(F)c2)c1. The summed E-state index contributed by atoms with van der Waals surface area (Å²) in [5.74, 6) is -0.270. The Morgan fingerprint density at radius 3 is 2.29 bits per heavy atom. The summed E-state index contributed by atoms with van der Waals surface area (Å²) in [7, 11) is 0. The fraction of sp³-hybridized carbons (Fsp3) is 0.143. The molecule has 0 aliphatic carbocycles. The zero-order chi connectivity index (χ0) is 12.3. The second-order valence-electron chi connectivity index (χ2n) is 3.98. The van der Waals surface area contributed by atoms with Crippen molar-refractivity contribution in [3.63, 3.8) is 0 Å². The maximum absolute atomic E-state index is 13.1. The Kier molecular flexibility index (Phi) is 3.52. The van der Waals surface area contributed by atoms with Crippen molar-refractivity contribution < 1.29 is 4.39 Å². The molecule has 0 aliphatic heterocycles. The van der Waals surface area contributed by atoms with E-state index in [1.165, 1.54) is 12.1 Å². The van der Waals surface area contributed by atoms with Crippen LogP contribution in [-0.2, 0) is 6.54 Å². The molecule has 0 saturated heterocycles. The lowest BCUT2D eigenvalue weighted by molar-refractivity contribution is 0.623. The van der Waals surface area contributed by atoms with E-state index in [9.17, 15) is 4.39 Å². The molecular formula is C14H15FN2. The second-order valence-corrected chi connectivity index (χ2v) is 3.98. The van der Waals surface area contributed by atoms with Crippen molar-refractivity contribution in [1.29, 1.82) is 0 Å². The zero-order valence-corrected chi connectivity index (χ0v) is 9.44. The molecule has 88 valence electrons. The van der Waals surface area contributed by atoms with Gasteiger partial charge >= 0.3 is 0 Å². The topological polar surface area (TPSA) is 52.0 Å². The van der Waals surface area contributed by atoms with Crippen LogP contribution in [0.25, 0.3) is 0 Å². The van der Waals surface area contributed by atoms with E-state index < -0.39 is 0 Å². The van der Waals surface area contributed by atoms with Crippen molar-refractivity contribution in [2.24, 2.45) is 11.5 Å². The van der Waals surface area contributed by atoms with Crippen molar-refractivity contribution >= 4 is 0 Å². The van der Waals surface area contributed by atoms with Crippen LogP contribution in [-0.4, -0.2) is 0 Å². The summed E-state index contributed by atoms with van der Waals surface area (Å²) < 4.78 is 13.1. The minimum atomic E-state index is -0.322. The Morgan fingerprint density at radius 1 is 1.00 bits per heavy atom. The predicted octanol–water partition coefficient (Wildman–Crippen LogP) is 2.33. The molecule has 0 radical (unpaired) electrons. The lowest BCUT2D eigenvalue weighted by Gasteiger charge is -2.13. The Hall–Kier alpha value is -1.71. The molecular weight excluding hydrogens is 215 g/mol. The van der Waals surface area contributed by atoms with Crippen LogP contribution >= 0.6 is 0 Å². The van der Waals surface area contributed by atoms with Crippen LogP contribution in [0.15, 0.2) is 48.5 Å².